The molecule has 0 radical (unpaired) electrons. The van der Waals surface area contributed by atoms with Crippen LogP contribution in [-0.2, 0) is 11.3 Å². The minimum absolute atomic E-state index is 0.546. The van der Waals surface area contributed by atoms with Crippen LogP contribution in [0.4, 0.5) is 0 Å². The van der Waals surface area contributed by atoms with Crippen molar-refractivity contribution < 1.29 is 4.74 Å². The average Bonchev–Trinajstić information content (AvgIpc) is 2.72. The minimum atomic E-state index is 0.546. The van der Waals surface area contributed by atoms with E-state index in [1.54, 1.807) is 0 Å². The van der Waals surface area contributed by atoms with Crippen LogP contribution in [0.5, 0.6) is 0 Å². The fourth-order valence-corrected chi connectivity index (χ4v) is 1.94. The van der Waals surface area contributed by atoms with Gasteiger partial charge in [-0.15, -0.1) is 0 Å². The zero-order valence-corrected chi connectivity index (χ0v) is 9.55. The van der Waals surface area contributed by atoms with Gasteiger partial charge in [-0.25, -0.2) is 0 Å². The van der Waals surface area contributed by atoms with Crippen molar-refractivity contribution in [2.45, 2.75) is 32.9 Å². The van der Waals surface area contributed by atoms with Crippen molar-refractivity contribution in [1.29, 1.82) is 0 Å². The molecule has 1 N–H and O–H groups in total. The molecule has 1 aliphatic heterocycles. The van der Waals surface area contributed by atoms with Crippen LogP contribution in [0.2, 0.25) is 0 Å². The van der Waals surface area contributed by atoms with E-state index in [1.165, 1.54) is 16.7 Å². The molecule has 0 bridgehead atoms. The van der Waals surface area contributed by atoms with E-state index in [4.69, 9.17) is 4.74 Å². The van der Waals surface area contributed by atoms with Crippen molar-refractivity contribution in [3.05, 3.63) is 34.9 Å². The minimum Gasteiger partial charge on any atom is -0.380 e. The third-order valence-electron chi connectivity index (χ3n) is 3.02. The normalized spacial score (nSPS) is 20.8. The number of nitrogens with one attached hydrogen (secondary N) is 1. The van der Waals surface area contributed by atoms with Gasteiger partial charge in [-0.05, 0) is 31.4 Å². The number of rotatable bonds is 3. The van der Waals surface area contributed by atoms with Gasteiger partial charge in [0.25, 0.3) is 0 Å². The van der Waals surface area contributed by atoms with Gasteiger partial charge in [-0.2, -0.15) is 0 Å². The molecule has 0 aliphatic carbocycles. The molecule has 0 amide bonds. The first-order valence-electron chi connectivity index (χ1n) is 5.63. The van der Waals surface area contributed by atoms with Crippen molar-refractivity contribution in [2.24, 2.45) is 0 Å². The average molecular weight is 205 g/mol. The lowest BCUT2D eigenvalue weighted by atomic mass is 10.1. The Morgan fingerprint density at radius 3 is 3.00 bits per heavy atom. The van der Waals surface area contributed by atoms with Crippen molar-refractivity contribution in [3.8, 4) is 0 Å². The predicted molar refractivity (Wildman–Crippen MR) is 62.0 cm³/mol. The maximum absolute atomic E-state index is 5.34. The summed E-state index contributed by atoms with van der Waals surface area (Å²) < 4.78 is 5.34. The van der Waals surface area contributed by atoms with Crippen molar-refractivity contribution in [3.63, 3.8) is 0 Å². The van der Waals surface area contributed by atoms with Gasteiger partial charge in [0, 0.05) is 19.2 Å². The number of ether oxygens (including phenoxy) is 1. The van der Waals surface area contributed by atoms with E-state index in [0.29, 0.717) is 6.04 Å². The topological polar surface area (TPSA) is 21.3 Å². The van der Waals surface area contributed by atoms with Gasteiger partial charge < -0.3 is 10.1 Å². The van der Waals surface area contributed by atoms with Gasteiger partial charge in [0.05, 0.1) is 6.61 Å². The maximum Gasteiger partial charge on any atom is 0.0620 e. The largest absolute Gasteiger partial charge is 0.380 e. The summed E-state index contributed by atoms with van der Waals surface area (Å²) in [5.74, 6) is 0. The summed E-state index contributed by atoms with van der Waals surface area (Å²) in [6.45, 7) is 7.04. The molecule has 1 unspecified atom stereocenters. The second kappa shape index (κ2) is 4.77. The van der Waals surface area contributed by atoms with E-state index in [9.17, 15) is 0 Å². The monoisotopic (exact) mass is 205 g/mol. The highest BCUT2D eigenvalue weighted by molar-refractivity contribution is 5.30. The molecule has 0 spiro atoms. The predicted octanol–water partition coefficient (Wildman–Crippen LogP) is 2.18. The molecule has 0 saturated carbocycles. The highest BCUT2D eigenvalue weighted by atomic mass is 16.5. The molecule has 2 nitrogen and oxygen atoms in total. The van der Waals surface area contributed by atoms with Gasteiger partial charge >= 0.3 is 0 Å². The number of hydrogen-bond acceptors (Lipinski definition) is 2. The third kappa shape index (κ3) is 2.80. The van der Waals surface area contributed by atoms with Crippen LogP contribution in [0.3, 0.4) is 0 Å². The quantitative estimate of drug-likeness (QED) is 0.816. The highest BCUT2D eigenvalue weighted by Crippen LogP contribution is 2.11. The Bertz CT molecular complexity index is 329. The first-order chi connectivity index (χ1) is 7.25. The van der Waals surface area contributed by atoms with E-state index in [1.807, 2.05) is 0 Å². The molecule has 1 aliphatic rings. The molecule has 1 aromatic rings. The Balaban J connectivity index is 1.94. The van der Waals surface area contributed by atoms with E-state index >= 15 is 0 Å². The summed E-state index contributed by atoms with van der Waals surface area (Å²) in [6.07, 6.45) is 1.14. The molecule has 1 heterocycles. The van der Waals surface area contributed by atoms with Crippen LogP contribution in [0, 0.1) is 13.8 Å². The van der Waals surface area contributed by atoms with E-state index in [0.717, 1.165) is 26.2 Å². The molecule has 2 rings (SSSR count). The fraction of sp³-hybridized carbons (Fsp3) is 0.538. The Labute approximate surface area is 91.6 Å². The Kier molecular flexibility index (Phi) is 3.39. The summed E-state index contributed by atoms with van der Waals surface area (Å²) in [5, 5.41) is 3.54. The molecule has 0 aromatic heterocycles. The van der Waals surface area contributed by atoms with Gasteiger partial charge in [0.15, 0.2) is 0 Å². The number of hydrogen-bond donors (Lipinski definition) is 1. The van der Waals surface area contributed by atoms with Crippen LogP contribution in [0.15, 0.2) is 18.2 Å². The van der Waals surface area contributed by atoms with Crippen molar-refractivity contribution >= 4 is 0 Å². The molecule has 1 saturated heterocycles. The third-order valence-corrected chi connectivity index (χ3v) is 3.02. The first kappa shape index (κ1) is 10.7. The zero-order chi connectivity index (χ0) is 10.7. The number of benzene rings is 1. The van der Waals surface area contributed by atoms with Crippen molar-refractivity contribution in [2.75, 3.05) is 13.2 Å². The lowest BCUT2D eigenvalue weighted by Gasteiger charge is -2.12. The van der Waals surface area contributed by atoms with Gasteiger partial charge in [0.1, 0.15) is 0 Å². The fourth-order valence-electron chi connectivity index (χ4n) is 1.94. The molecule has 2 heteroatoms. The van der Waals surface area contributed by atoms with Gasteiger partial charge in [-0.3, -0.25) is 0 Å². The molecule has 82 valence electrons. The second-order valence-electron chi connectivity index (χ2n) is 4.37. The van der Waals surface area contributed by atoms with E-state index in [-0.39, 0.29) is 0 Å². The molecule has 15 heavy (non-hydrogen) atoms. The Morgan fingerprint density at radius 2 is 2.27 bits per heavy atom. The molecule has 1 atom stereocenters. The SMILES string of the molecule is Cc1ccc(C)c(CNC2CCOC2)c1. The Hall–Kier alpha value is -0.860. The molecular weight excluding hydrogens is 186 g/mol. The summed E-state index contributed by atoms with van der Waals surface area (Å²) in [7, 11) is 0. The second-order valence-corrected chi connectivity index (χ2v) is 4.37. The van der Waals surface area contributed by atoms with Crippen LogP contribution >= 0.6 is 0 Å². The first-order valence-corrected chi connectivity index (χ1v) is 5.63. The van der Waals surface area contributed by atoms with Gasteiger partial charge in [-0.1, -0.05) is 23.8 Å². The maximum atomic E-state index is 5.34. The summed E-state index contributed by atoms with van der Waals surface area (Å²) in [5.41, 5.74) is 4.11. The smallest absolute Gasteiger partial charge is 0.0620 e. The standard InChI is InChI=1S/C13H19NO/c1-10-3-4-11(2)12(7-10)8-14-13-5-6-15-9-13/h3-4,7,13-14H,5-6,8-9H2,1-2H3. The van der Waals surface area contributed by atoms with Gasteiger partial charge in [0.2, 0.25) is 0 Å². The molecular formula is C13H19NO. The summed E-state index contributed by atoms with van der Waals surface area (Å²) >= 11 is 0. The lowest BCUT2D eigenvalue weighted by Crippen LogP contribution is -2.28. The lowest BCUT2D eigenvalue weighted by molar-refractivity contribution is 0.190. The van der Waals surface area contributed by atoms with Crippen LogP contribution < -0.4 is 5.32 Å². The van der Waals surface area contributed by atoms with Crippen molar-refractivity contribution in [1.82, 2.24) is 5.32 Å². The summed E-state index contributed by atoms with van der Waals surface area (Å²) in [6, 6.07) is 7.16. The van der Waals surface area contributed by atoms with E-state index in [2.05, 4.69) is 37.4 Å². The molecule has 1 fully saturated rings. The van der Waals surface area contributed by atoms with Crippen LogP contribution in [0.1, 0.15) is 23.1 Å². The van der Waals surface area contributed by atoms with Crippen LogP contribution in [0.25, 0.3) is 0 Å². The molecule has 1 aromatic carbocycles. The van der Waals surface area contributed by atoms with Crippen LogP contribution in [-0.4, -0.2) is 19.3 Å². The highest BCUT2D eigenvalue weighted by Gasteiger charge is 2.14. The zero-order valence-electron chi connectivity index (χ0n) is 9.55. The number of aryl methyl sites for hydroxylation is 2. The summed E-state index contributed by atoms with van der Waals surface area (Å²) in [4.78, 5) is 0. The van der Waals surface area contributed by atoms with E-state index < -0.39 is 0 Å². The Morgan fingerprint density at radius 1 is 1.40 bits per heavy atom.